The number of anilines is 1. The summed E-state index contributed by atoms with van der Waals surface area (Å²) in [5, 5.41) is 2.63. The first kappa shape index (κ1) is 13.3. The smallest absolute Gasteiger partial charge is 0.320 e. The summed E-state index contributed by atoms with van der Waals surface area (Å²) in [6.07, 6.45) is 0. The average molecular weight is 324 g/mol. The van der Waals surface area contributed by atoms with Gasteiger partial charge < -0.3 is 10.3 Å². The number of hydrogen-bond donors (Lipinski definition) is 3. The van der Waals surface area contributed by atoms with E-state index in [4.69, 9.17) is 0 Å². The van der Waals surface area contributed by atoms with Crippen LogP contribution in [0.1, 0.15) is 16.1 Å². The van der Waals surface area contributed by atoms with E-state index in [-0.39, 0.29) is 5.69 Å². The van der Waals surface area contributed by atoms with Gasteiger partial charge in [0.15, 0.2) is 0 Å². The maximum absolute atomic E-state index is 11.9. The number of nitrogens with one attached hydrogen (secondary N) is 3. The van der Waals surface area contributed by atoms with Gasteiger partial charge in [0.2, 0.25) is 0 Å². The second-order valence-electron chi connectivity index (χ2n) is 3.91. The van der Waals surface area contributed by atoms with Crippen molar-refractivity contribution in [2.45, 2.75) is 6.92 Å². The number of aryl methyl sites for hydroxylation is 1. The van der Waals surface area contributed by atoms with Crippen LogP contribution in [0.25, 0.3) is 0 Å². The first-order valence-corrected chi connectivity index (χ1v) is 6.16. The average Bonchev–Trinajstić information content (AvgIpc) is 2.32. The van der Waals surface area contributed by atoms with E-state index in [9.17, 15) is 14.4 Å². The van der Waals surface area contributed by atoms with Crippen LogP contribution in [-0.2, 0) is 0 Å². The Hall–Kier alpha value is -2.15. The number of halogens is 1. The van der Waals surface area contributed by atoms with Gasteiger partial charge in [-0.05, 0) is 24.6 Å². The number of benzene rings is 1. The predicted octanol–water partition coefficient (Wildman–Crippen LogP) is 1.39. The van der Waals surface area contributed by atoms with E-state index in [1.54, 1.807) is 6.07 Å². The second kappa shape index (κ2) is 5.23. The molecule has 0 fully saturated rings. The largest absolute Gasteiger partial charge is 0.326 e. The fraction of sp³-hybridized carbons (Fsp3) is 0.0833. The van der Waals surface area contributed by atoms with Crippen molar-refractivity contribution in [3.63, 3.8) is 0 Å². The van der Waals surface area contributed by atoms with E-state index in [2.05, 4.69) is 26.2 Å². The molecule has 1 aromatic carbocycles. The third-order valence-electron chi connectivity index (χ3n) is 2.45. The number of carbonyl (C=O) groups excluding carboxylic acids is 1. The van der Waals surface area contributed by atoms with Crippen molar-refractivity contribution in [1.29, 1.82) is 0 Å². The highest BCUT2D eigenvalue weighted by molar-refractivity contribution is 9.10. The molecule has 0 unspecified atom stereocenters. The molecule has 1 heterocycles. The van der Waals surface area contributed by atoms with Crippen molar-refractivity contribution in [1.82, 2.24) is 9.97 Å². The van der Waals surface area contributed by atoms with Gasteiger partial charge in [-0.2, -0.15) is 0 Å². The number of aromatic nitrogens is 2. The van der Waals surface area contributed by atoms with Crippen molar-refractivity contribution in [3.05, 3.63) is 60.8 Å². The van der Waals surface area contributed by atoms with E-state index >= 15 is 0 Å². The summed E-state index contributed by atoms with van der Waals surface area (Å²) in [4.78, 5) is 38.4. The molecule has 0 atom stereocenters. The lowest BCUT2D eigenvalue weighted by atomic mass is 10.2. The molecule has 7 heteroatoms. The van der Waals surface area contributed by atoms with E-state index in [0.717, 1.165) is 16.1 Å². The van der Waals surface area contributed by atoms with Crippen molar-refractivity contribution < 1.29 is 4.79 Å². The summed E-state index contributed by atoms with van der Waals surface area (Å²) in [7, 11) is 0. The van der Waals surface area contributed by atoms with Gasteiger partial charge in [0.05, 0.1) is 0 Å². The lowest BCUT2D eigenvalue weighted by molar-refractivity contribution is 0.102. The van der Waals surface area contributed by atoms with Crippen LogP contribution in [0.4, 0.5) is 5.69 Å². The zero-order chi connectivity index (χ0) is 14.0. The number of H-pyrrole nitrogens is 2. The van der Waals surface area contributed by atoms with Gasteiger partial charge in [-0.15, -0.1) is 0 Å². The normalized spacial score (nSPS) is 10.2. The van der Waals surface area contributed by atoms with Gasteiger partial charge in [0, 0.05) is 16.2 Å². The van der Waals surface area contributed by atoms with Crippen LogP contribution in [0.2, 0.25) is 0 Å². The standard InChI is InChI=1S/C12H10BrN3O3/c1-6-2-3-7(13)4-8(6)14-11(18)9-5-10(17)16-12(19)15-9/h2-5H,1H3,(H,14,18)(H2,15,16,17,19). The van der Waals surface area contributed by atoms with Crippen molar-refractivity contribution in [2.75, 3.05) is 5.32 Å². The van der Waals surface area contributed by atoms with Gasteiger partial charge >= 0.3 is 5.69 Å². The maximum atomic E-state index is 11.9. The Kier molecular flexibility index (Phi) is 3.66. The van der Waals surface area contributed by atoms with Crippen LogP contribution in [0.15, 0.2) is 38.3 Å². The predicted molar refractivity (Wildman–Crippen MR) is 74.5 cm³/mol. The molecule has 0 bridgehead atoms. The molecule has 0 aliphatic rings. The van der Waals surface area contributed by atoms with Crippen LogP contribution >= 0.6 is 15.9 Å². The van der Waals surface area contributed by atoms with Crippen LogP contribution in [0.3, 0.4) is 0 Å². The van der Waals surface area contributed by atoms with E-state index in [1.807, 2.05) is 24.0 Å². The maximum Gasteiger partial charge on any atom is 0.326 e. The van der Waals surface area contributed by atoms with Gasteiger partial charge in [-0.3, -0.25) is 14.6 Å². The molecule has 0 saturated heterocycles. The molecule has 0 spiro atoms. The number of rotatable bonds is 2. The Balaban J connectivity index is 2.33. The first-order chi connectivity index (χ1) is 8.95. The SMILES string of the molecule is Cc1ccc(Br)cc1NC(=O)c1cc(=O)[nH]c(=O)[nH]1. The topological polar surface area (TPSA) is 94.8 Å². The van der Waals surface area contributed by atoms with Gasteiger partial charge in [0.25, 0.3) is 11.5 Å². The quantitative estimate of drug-likeness (QED) is 0.779. The fourth-order valence-electron chi connectivity index (χ4n) is 1.51. The third kappa shape index (κ3) is 3.19. The molecule has 1 amide bonds. The second-order valence-corrected chi connectivity index (χ2v) is 4.83. The Morgan fingerprint density at radius 2 is 1.95 bits per heavy atom. The molecule has 2 aromatic rings. The summed E-state index contributed by atoms with van der Waals surface area (Å²) < 4.78 is 0.813. The molecular weight excluding hydrogens is 314 g/mol. The van der Waals surface area contributed by atoms with Gasteiger partial charge in [-0.25, -0.2) is 4.79 Å². The molecule has 0 aliphatic carbocycles. The molecule has 6 nitrogen and oxygen atoms in total. The molecule has 0 saturated carbocycles. The molecule has 19 heavy (non-hydrogen) atoms. The molecule has 0 aliphatic heterocycles. The zero-order valence-corrected chi connectivity index (χ0v) is 11.5. The minimum Gasteiger partial charge on any atom is -0.320 e. The van der Waals surface area contributed by atoms with Crippen LogP contribution < -0.4 is 16.6 Å². The van der Waals surface area contributed by atoms with Gasteiger partial charge in [0.1, 0.15) is 5.69 Å². The minimum absolute atomic E-state index is 0.0897. The highest BCUT2D eigenvalue weighted by Gasteiger charge is 2.10. The molecule has 0 radical (unpaired) electrons. The van der Waals surface area contributed by atoms with Crippen LogP contribution in [0, 0.1) is 6.92 Å². The minimum atomic E-state index is -0.719. The third-order valence-corrected chi connectivity index (χ3v) is 2.95. The molecule has 98 valence electrons. The van der Waals surface area contributed by atoms with Crippen molar-refractivity contribution >= 4 is 27.5 Å². The zero-order valence-electron chi connectivity index (χ0n) is 9.91. The highest BCUT2D eigenvalue weighted by atomic mass is 79.9. The Bertz CT molecular complexity index is 720. The number of amides is 1. The fourth-order valence-corrected chi connectivity index (χ4v) is 1.87. The Morgan fingerprint density at radius 1 is 1.21 bits per heavy atom. The monoisotopic (exact) mass is 323 g/mol. The molecule has 3 N–H and O–H groups in total. The van der Waals surface area contributed by atoms with Gasteiger partial charge in [-0.1, -0.05) is 22.0 Å². The number of aromatic amines is 2. The first-order valence-electron chi connectivity index (χ1n) is 5.37. The summed E-state index contributed by atoms with van der Waals surface area (Å²) in [5.74, 6) is -0.551. The summed E-state index contributed by atoms with van der Waals surface area (Å²) in [6, 6.07) is 6.45. The number of hydrogen-bond acceptors (Lipinski definition) is 3. The summed E-state index contributed by atoms with van der Waals surface area (Å²) in [5.41, 5.74) is 0.0286. The van der Waals surface area contributed by atoms with E-state index in [1.165, 1.54) is 0 Å². The summed E-state index contributed by atoms with van der Waals surface area (Å²) >= 11 is 3.30. The molecule has 2 rings (SSSR count). The van der Waals surface area contributed by atoms with E-state index < -0.39 is 17.2 Å². The Labute approximate surface area is 116 Å². The molecule has 1 aromatic heterocycles. The molecular formula is C12H10BrN3O3. The van der Waals surface area contributed by atoms with Crippen molar-refractivity contribution in [3.8, 4) is 0 Å². The van der Waals surface area contributed by atoms with Crippen LogP contribution in [0.5, 0.6) is 0 Å². The van der Waals surface area contributed by atoms with Crippen LogP contribution in [-0.4, -0.2) is 15.9 Å². The lowest BCUT2D eigenvalue weighted by Gasteiger charge is -2.08. The highest BCUT2D eigenvalue weighted by Crippen LogP contribution is 2.20. The Morgan fingerprint density at radius 3 is 2.63 bits per heavy atom. The number of carbonyl (C=O) groups is 1. The lowest BCUT2D eigenvalue weighted by Crippen LogP contribution is -2.27. The van der Waals surface area contributed by atoms with E-state index in [0.29, 0.717) is 5.69 Å². The summed E-state index contributed by atoms with van der Waals surface area (Å²) in [6.45, 7) is 1.84. The van der Waals surface area contributed by atoms with Crippen molar-refractivity contribution in [2.24, 2.45) is 0 Å².